The number of rotatable bonds is 3. The monoisotopic (exact) mass is 384 g/mol. The number of hydrogen-bond acceptors (Lipinski definition) is 6. The van der Waals surface area contributed by atoms with Gasteiger partial charge in [-0.05, 0) is 24.6 Å². The fourth-order valence-corrected chi connectivity index (χ4v) is 4.50. The number of fused-ring (bicyclic) bond motifs is 1. The average Bonchev–Trinajstić information content (AvgIpc) is 3.03. The zero-order valence-corrected chi connectivity index (χ0v) is 16.9. The van der Waals surface area contributed by atoms with Crippen LogP contribution in [0.5, 0.6) is 0 Å². The second-order valence-electron chi connectivity index (χ2n) is 8.19. The number of aliphatic hydroxyl groups is 2. The number of aromatic nitrogens is 4. The van der Waals surface area contributed by atoms with Gasteiger partial charge in [0.15, 0.2) is 19.1 Å². The Morgan fingerprint density at radius 1 is 1.20 bits per heavy atom. The van der Waals surface area contributed by atoms with Crippen LogP contribution in [-0.2, 0) is 4.43 Å². The van der Waals surface area contributed by atoms with Crippen molar-refractivity contribution < 1.29 is 14.6 Å². The summed E-state index contributed by atoms with van der Waals surface area (Å²) in [4.78, 5) is 12.4. The van der Waals surface area contributed by atoms with Gasteiger partial charge in [-0.25, -0.2) is 15.0 Å². The van der Waals surface area contributed by atoms with Gasteiger partial charge in [0.25, 0.3) is 0 Å². The van der Waals surface area contributed by atoms with Gasteiger partial charge in [-0.15, -0.1) is 0 Å². The van der Waals surface area contributed by atoms with Crippen LogP contribution in [0.3, 0.4) is 0 Å². The Kier molecular flexibility index (Phi) is 4.70. The lowest BCUT2D eigenvalue weighted by Gasteiger charge is -2.39. The summed E-state index contributed by atoms with van der Waals surface area (Å²) in [5.41, 5.74) is 1.03. The van der Waals surface area contributed by atoms with Gasteiger partial charge in [0.1, 0.15) is 24.1 Å². The van der Waals surface area contributed by atoms with Crippen molar-refractivity contribution in [2.75, 3.05) is 0 Å². The maximum absolute atomic E-state index is 10.6. The Balaban J connectivity index is 1.88. The summed E-state index contributed by atoms with van der Waals surface area (Å²) >= 11 is 6.05. The topological polar surface area (TPSA) is 93.3 Å². The van der Waals surface area contributed by atoms with Gasteiger partial charge in [0.05, 0.1) is 18.5 Å². The molecular weight excluding hydrogens is 360 g/mol. The van der Waals surface area contributed by atoms with E-state index in [9.17, 15) is 10.2 Å². The van der Waals surface area contributed by atoms with E-state index in [1.165, 1.54) is 6.33 Å². The maximum Gasteiger partial charge on any atom is 0.192 e. The standard InChI is InChI=1S/C16H25ClN4O3Si/c1-16(2,3)25(4,5)24-10-6-9(12(22)13(10)23)21-8-20-11-14(17)18-7-19-15(11)21/h7-10,12-13,22-23H,6H2,1-5H3/t9-,10+,12+,13-/m1/s1. The highest BCUT2D eigenvalue weighted by atomic mass is 35.5. The first-order valence-corrected chi connectivity index (χ1v) is 11.7. The van der Waals surface area contributed by atoms with Crippen molar-refractivity contribution >= 4 is 31.1 Å². The van der Waals surface area contributed by atoms with Crippen molar-refractivity contribution in [2.24, 2.45) is 0 Å². The van der Waals surface area contributed by atoms with Crippen LogP contribution < -0.4 is 0 Å². The van der Waals surface area contributed by atoms with Crippen LogP contribution in [0.25, 0.3) is 11.2 Å². The van der Waals surface area contributed by atoms with Crippen molar-refractivity contribution in [3.8, 4) is 0 Å². The van der Waals surface area contributed by atoms with Gasteiger partial charge < -0.3 is 19.2 Å². The summed E-state index contributed by atoms with van der Waals surface area (Å²) in [6.07, 6.45) is 1.11. The van der Waals surface area contributed by atoms with Crippen molar-refractivity contribution in [3.05, 3.63) is 17.8 Å². The molecule has 2 aromatic rings. The molecule has 1 aliphatic rings. The molecule has 0 spiro atoms. The highest BCUT2D eigenvalue weighted by Gasteiger charge is 2.48. The van der Waals surface area contributed by atoms with Gasteiger partial charge in [0, 0.05) is 0 Å². The molecule has 0 radical (unpaired) electrons. The van der Waals surface area contributed by atoms with Crippen LogP contribution in [-0.4, -0.2) is 56.4 Å². The SMILES string of the molecule is CC(C)(C)[Si](C)(C)O[C@H]1C[C@@H](n2cnc3c(Cl)ncnc32)[C@H](O)[C@@H]1O. The van der Waals surface area contributed by atoms with Gasteiger partial charge in [-0.3, -0.25) is 0 Å². The third-order valence-corrected chi connectivity index (χ3v) is 10.3. The maximum atomic E-state index is 10.6. The van der Waals surface area contributed by atoms with Gasteiger partial charge >= 0.3 is 0 Å². The molecule has 0 bridgehead atoms. The highest BCUT2D eigenvalue weighted by Crippen LogP contribution is 2.42. The molecule has 0 unspecified atom stereocenters. The van der Waals surface area contributed by atoms with Crippen molar-refractivity contribution in [1.82, 2.24) is 19.5 Å². The summed E-state index contributed by atoms with van der Waals surface area (Å²) in [5, 5.41) is 21.4. The Hall–Kier alpha value is -1.06. The number of hydrogen-bond donors (Lipinski definition) is 2. The molecule has 2 heterocycles. The summed E-state index contributed by atoms with van der Waals surface area (Å²) < 4.78 is 8.10. The smallest absolute Gasteiger partial charge is 0.192 e. The molecule has 4 atom stereocenters. The molecule has 1 fully saturated rings. The van der Waals surface area contributed by atoms with E-state index >= 15 is 0 Å². The molecule has 1 saturated carbocycles. The normalized spacial score (nSPS) is 28.0. The number of nitrogens with zero attached hydrogens (tertiary/aromatic N) is 4. The van der Waals surface area contributed by atoms with Gasteiger partial charge in [-0.2, -0.15) is 0 Å². The predicted octanol–water partition coefficient (Wildman–Crippen LogP) is 2.54. The molecule has 138 valence electrons. The minimum Gasteiger partial charge on any atom is -0.411 e. The second kappa shape index (κ2) is 6.28. The van der Waals surface area contributed by atoms with E-state index in [2.05, 4.69) is 48.8 Å². The van der Waals surface area contributed by atoms with E-state index in [4.69, 9.17) is 16.0 Å². The lowest BCUT2D eigenvalue weighted by Crippen LogP contribution is -2.46. The summed E-state index contributed by atoms with van der Waals surface area (Å²) in [6, 6.07) is -0.374. The fraction of sp³-hybridized carbons (Fsp3) is 0.688. The van der Waals surface area contributed by atoms with Crippen molar-refractivity contribution in [2.45, 2.75) is 69.7 Å². The quantitative estimate of drug-likeness (QED) is 0.624. The number of aliphatic hydroxyl groups excluding tert-OH is 2. The fourth-order valence-electron chi connectivity index (χ4n) is 2.98. The van der Waals surface area contributed by atoms with Crippen LogP contribution in [0.1, 0.15) is 33.2 Å². The molecule has 0 amide bonds. The Bertz CT molecular complexity index is 776. The summed E-state index contributed by atoms with van der Waals surface area (Å²) in [5.74, 6) is 0. The molecule has 2 aromatic heterocycles. The zero-order chi connectivity index (χ0) is 18.6. The molecule has 25 heavy (non-hydrogen) atoms. The van der Waals surface area contributed by atoms with E-state index in [0.717, 1.165) is 0 Å². The van der Waals surface area contributed by atoms with Gasteiger partial charge in [-0.1, -0.05) is 32.4 Å². The highest BCUT2D eigenvalue weighted by molar-refractivity contribution is 6.74. The van der Waals surface area contributed by atoms with Crippen molar-refractivity contribution in [1.29, 1.82) is 0 Å². The predicted molar refractivity (Wildman–Crippen MR) is 98.1 cm³/mol. The van der Waals surface area contributed by atoms with E-state index < -0.39 is 26.6 Å². The van der Waals surface area contributed by atoms with Crippen LogP contribution in [0.4, 0.5) is 0 Å². The lowest BCUT2D eigenvalue weighted by atomic mass is 10.2. The van der Waals surface area contributed by atoms with Crippen molar-refractivity contribution in [3.63, 3.8) is 0 Å². The van der Waals surface area contributed by atoms with E-state index in [1.54, 1.807) is 10.9 Å². The van der Waals surface area contributed by atoms with Crippen LogP contribution >= 0.6 is 11.6 Å². The Morgan fingerprint density at radius 3 is 2.52 bits per heavy atom. The minimum atomic E-state index is -2.06. The number of imidazole rings is 1. The average molecular weight is 385 g/mol. The Labute approximate surface area is 153 Å². The lowest BCUT2D eigenvalue weighted by molar-refractivity contribution is -0.0202. The molecule has 7 nitrogen and oxygen atoms in total. The molecule has 0 aromatic carbocycles. The van der Waals surface area contributed by atoms with E-state index in [1.807, 2.05) is 0 Å². The minimum absolute atomic E-state index is 0.0260. The number of halogens is 1. The summed E-state index contributed by atoms with van der Waals surface area (Å²) in [6.45, 7) is 10.7. The Morgan fingerprint density at radius 2 is 1.88 bits per heavy atom. The zero-order valence-electron chi connectivity index (χ0n) is 15.1. The van der Waals surface area contributed by atoms with Crippen LogP contribution in [0.15, 0.2) is 12.7 Å². The summed E-state index contributed by atoms with van der Waals surface area (Å²) in [7, 11) is -2.06. The molecule has 0 aliphatic heterocycles. The third-order valence-electron chi connectivity index (χ3n) is 5.52. The third kappa shape index (κ3) is 3.21. The first-order chi connectivity index (χ1) is 11.5. The first-order valence-electron chi connectivity index (χ1n) is 8.40. The van der Waals surface area contributed by atoms with Crippen LogP contribution in [0.2, 0.25) is 23.3 Å². The molecule has 1 aliphatic carbocycles. The molecule has 3 rings (SSSR count). The van der Waals surface area contributed by atoms with E-state index in [-0.39, 0.29) is 16.2 Å². The molecule has 0 saturated heterocycles. The largest absolute Gasteiger partial charge is 0.411 e. The van der Waals surface area contributed by atoms with Gasteiger partial charge in [0.2, 0.25) is 0 Å². The second-order valence-corrected chi connectivity index (χ2v) is 13.3. The molecule has 9 heteroatoms. The molecular formula is C16H25ClN4O3Si. The molecule has 2 N–H and O–H groups in total. The van der Waals surface area contributed by atoms with E-state index in [0.29, 0.717) is 17.6 Å². The van der Waals surface area contributed by atoms with Crippen LogP contribution in [0, 0.1) is 0 Å². The first kappa shape index (κ1) is 18.7.